The van der Waals surface area contributed by atoms with Crippen LogP contribution in [0.25, 0.3) is 11.0 Å². The summed E-state index contributed by atoms with van der Waals surface area (Å²) in [6.45, 7) is 6.59. The van der Waals surface area contributed by atoms with Crippen molar-refractivity contribution in [3.05, 3.63) is 40.2 Å². The number of halogens is 1. The number of benzene rings is 1. The van der Waals surface area contributed by atoms with Crippen molar-refractivity contribution in [1.82, 2.24) is 0 Å². The molecule has 0 radical (unpaired) electrons. The third-order valence-corrected chi connectivity index (χ3v) is 5.82. The van der Waals surface area contributed by atoms with Crippen molar-refractivity contribution in [2.24, 2.45) is 5.92 Å². The van der Waals surface area contributed by atoms with Gasteiger partial charge in [-0.05, 0) is 24.6 Å². The van der Waals surface area contributed by atoms with Crippen LogP contribution >= 0.6 is 0 Å². The summed E-state index contributed by atoms with van der Waals surface area (Å²) in [7, 11) is 0. The highest BCUT2D eigenvalue weighted by atomic mass is 79.9. The van der Waals surface area contributed by atoms with Gasteiger partial charge in [-0.15, -0.1) is 0 Å². The summed E-state index contributed by atoms with van der Waals surface area (Å²) in [5, 5.41) is 11.1. The van der Waals surface area contributed by atoms with Crippen LogP contribution in [-0.2, 0) is 0 Å². The number of quaternary nitrogens is 1. The normalized spacial score (nSPS) is 27.9. The molecule has 5 rings (SSSR count). The topological polar surface area (TPSA) is 59.7 Å². The zero-order valence-electron chi connectivity index (χ0n) is 14.4. The van der Waals surface area contributed by atoms with Gasteiger partial charge in [0.05, 0.1) is 13.1 Å². The number of nitrogens with zero attached hydrogens (tertiary/aromatic N) is 1. The molecule has 1 aromatic carbocycles. The fourth-order valence-electron chi connectivity index (χ4n) is 4.32. The molecule has 3 aliphatic heterocycles. The van der Waals surface area contributed by atoms with E-state index in [1.54, 1.807) is 6.07 Å². The zero-order valence-corrected chi connectivity index (χ0v) is 16.0. The minimum absolute atomic E-state index is 0. The van der Waals surface area contributed by atoms with Crippen LogP contribution in [0, 0.1) is 12.8 Å². The van der Waals surface area contributed by atoms with E-state index in [0.29, 0.717) is 18.1 Å². The maximum Gasteiger partial charge on any atom is 0.336 e. The lowest BCUT2D eigenvalue weighted by atomic mass is 9.83. The Balaban J connectivity index is 0.00000182. The summed E-state index contributed by atoms with van der Waals surface area (Å²) < 4.78 is 12.2. The van der Waals surface area contributed by atoms with Gasteiger partial charge in [0.1, 0.15) is 37.1 Å². The number of hydrogen-bond donors (Lipinski definition) is 1. The molecule has 0 spiro atoms. The molecule has 136 valence electrons. The summed E-state index contributed by atoms with van der Waals surface area (Å²) >= 11 is 0. The monoisotopic (exact) mass is 409 g/mol. The molecule has 25 heavy (non-hydrogen) atoms. The van der Waals surface area contributed by atoms with Crippen molar-refractivity contribution in [2.45, 2.75) is 25.9 Å². The lowest BCUT2D eigenvalue weighted by Crippen LogP contribution is -3.00. The quantitative estimate of drug-likeness (QED) is 0.524. The minimum Gasteiger partial charge on any atom is -1.00 e. The molecule has 1 unspecified atom stereocenters. The smallest absolute Gasteiger partial charge is 0.336 e. The zero-order chi connectivity index (χ0) is 16.7. The molecular formula is C19H24BrNO4. The van der Waals surface area contributed by atoms with Crippen LogP contribution in [0.3, 0.4) is 0 Å². The summed E-state index contributed by atoms with van der Waals surface area (Å²) in [6, 6.07) is 7.16. The number of ether oxygens (including phenoxy) is 1. The van der Waals surface area contributed by atoms with Gasteiger partial charge in [0.2, 0.25) is 0 Å². The van der Waals surface area contributed by atoms with Gasteiger partial charge < -0.3 is 35.7 Å². The Bertz CT molecular complexity index is 811. The maximum atomic E-state index is 11.5. The predicted octanol–water partition coefficient (Wildman–Crippen LogP) is -0.914. The average Bonchev–Trinajstić information content (AvgIpc) is 2.55. The first-order chi connectivity index (χ1) is 11.5. The standard InChI is InChI=1S/C19H24NO4.BrH/c1-13-10-19(22)24-18-11-15(2-3-16(13)18)23-9-8-20-6-4-14(5-7-20)17(21)12-20;/h2-3,10-11,14,17,21H,4-9,12H2,1H3;1H/q+1;/p-1. The van der Waals surface area contributed by atoms with Crippen molar-refractivity contribution < 1.29 is 35.7 Å². The Morgan fingerprint density at radius 1 is 1.28 bits per heavy atom. The van der Waals surface area contributed by atoms with E-state index in [1.165, 1.54) is 6.07 Å². The third kappa shape index (κ3) is 3.61. The fraction of sp³-hybridized carbons (Fsp3) is 0.526. The highest BCUT2D eigenvalue weighted by Crippen LogP contribution is 2.33. The second kappa shape index (κ2) is 7.09. The Kier molecular flexibility index (Phi) is 5.23. The molecule has 0 amide bonds. The van der Waals surface area contributed by atoms with E-state index in [-0.39, 0.29) is 28.7 Å². The number of fused-ring (bicyclic) bond motifs is 4. The SMILES string of the molecule is Cc1cc(=O)oc2cc(OCC[N+]34CCC(CC3)C(O)C4)ccc12.[Br-]. The lowest BCUT2D eigenvalue weighted by molar-refractivity contribution is -0.946. The second-order valence-corrected chi connectivity index (χ2v) is 7.35. The number of aliphatic hydroxyl groups excluding tert-OH is 1. The van der Waals surface area contributed by atoms with Gasteiger partial charge in [-0.2, -0.15) is 0 Å². The Hall–Kier alpha value is -1.37. The Morgan fingerprint density at radius 3 is 2.76 bits per heavy atom. The van der Waals surface area contributed by atoms with Crippen LogP contribution in [0.5, 0.6) is 5.75 Å². The Morgan fingerprint density at radius 2 is 2.04 bits per heavy atom. The van der Waals surface area contributed by atoms with Gasteiger partial charge in [-0.3, -0.25) is 0 Å². The fourth-order valence-corrected chi connectivity index (χ4v) is 4.32. The largest absolute Gasteiger partial charge is 1.00 e. The molecule has 3 aliphatic rings. The highest BCUT2D eigenvalue weighted by molar-refractivity contribution is 5.81. The first kappa shape index (κ1) is 18.4. The number of piperidine rings is 3. The number of aryl methyl sites for hydroxylation is 1. The first-order valence-electron chi connectivity index (χ1n) is 8.75. The highest BCUT2D eigenvalue weighted by Gasteiger charge is 2.44. The van der Waals surface area contributed by atoms with Crippen LogP contribution in [-0.4, -0.2) is 48.5 Å². The van der Waals surface area contributed by atoms with E-state index in [0.717, 1.165) is 60.2 Å². The second-order valence-electron chi connectivity index (χ2n) is 7.35. The van der Waals surface area contributed by atoms with E-state index in [1.807, 2.05) is 19.1 Å². The van der Waals surface area contributed by atoms with E-state index in [2.05, 4.69) is 0 Å². The molecule has 1 atom stereocenters. The van der Waals surface area contributed by atoms with Gasteiger partial charge in [0, 0.05) is 36.3 Å². The summed E-state index contributed by atoms with van der Waals surface area (Å²) in [5.41, 5.74) is 1.15. The van der Waals surface area contributed by atoms with E-state index in [4.69, 9.17) is 9.15 Å². The summed E-state index contributed by atoms with van der Waals surface area (Å²) in [6.07, 6.45) is 2.11. The molecule has 1 aromatic heterocycles. The van der Waals surface area contributed by atoms with Gasteiger partial charge in [0.25, 0.3) is 0 Å². The third-order valence-electron chi connectivity index (χ3n) is 5.82. The Labute approximate surface area is 157 Å². The number of aliphatic hydroxyl groups is 1. The van der Waals surface area contributed by atoms with E-state index < -0.39 is 0 Å². The average molecular weight is 410 g/mol. The molecule has 4 heterocycles. The van der Waals surface area contributed by atoms with Gasteiger partial charge in [0.15, 0.2) is 0 Å². The molecule has 3 fully saturated rings. The van der Waals surface area contributed by atoms with E-state index >= 15 is 0 Å². The van der Waals surface area contributed by atoms with Crippen molar-refractivity contribution >= 4 is 11.0 Å². The molecule has 0 aliphatic carbocycles. The molecule has 0 saturated carbocycles. The van der Waals surface area contributed by atoms with Crippen LogP contribution in [0.4, 0.5) is 0 Å². The van der Waals surface area contributed by atoms with Gasteiger partial charge >= 0.3 is 5.63 Å². The minimum atomic E-state index is -0.333. The maximum absolute atomic E-state index is 11.5. The van der Waals surface area contributed by atoms with Crippen LogP contribution in [0.15, 0.2) is 33.5 Å². The molecule has 3 saturated heterocycles. The van der Waals surface area contributed by atoms with Gasteiger partial charge in [-0.1, -0.05) is 0 Å². The molecule has 6 heteroatoms. The molecule has 1 N–H and O–H groups in total. The van der Waals surface area contributed by atoms with Crippen molar-refractivity contribution in [3.63, 3.8) is 0 Å². The predicted molar refractivity (Wildman–Crippen MR) is 91.2 cm³/mol. The lowest BCUT2D eigenvalue weighted by Gasteiger charge is -2.51. The van der Waals surface area contributed by atoms with Crippen molar-refractivity contribution in [3.8, 4) is 5.75 Å². The number of hydrogen-bond acceptors (Lipinski definition) is 4. The summed E-state index contributed by atoms with van der Waals surface area (Å²) in [5.74, 6) is 1.24. The van der Waals surface area contributed by atoms with Crippen LogP contribution < -0.4 is 27.3 Å². The van der Waals surface area contributed by atoms with Crippen molar-refractivity contribution in [2.75, 3.05) is 32.8 Å². The van der Waals surface area contributed by atoms with Crippen molar-refractivity contribution in [1.29, 1.82) is 0 Å². The molecule has 2 bridgehead atoms. The molecule has 5 nitrogen and oxygen atoms in total. The van der Waals surface area contributed by atoms with Gasteiger partial charge in [-0.25, -0.2) is 4.79 Å². The number of rotatable bonds is 4. The van der Waals surface area contributed by atoms with Crippen LogP contribution in [0.2, 0.25) is 0 Å². The molecular weight excluding hydrogens is 386 g/mol. The molecule has 2 aromatic rings. The van der Waals surface area contributed by atoms with E-state index in [9.17, 15) is 9.90 Å². The first-order valence-corrected chi connectivity index (χ1v) is 8.75. The summed E-state index contributed by atoms with van der Waals surface area (Å²) in [4.78, 5) is 11.5. The van der Waals surface area contributed by atoms with Crippen LogP contribution in [0.1, 0.15) is 18.4 Å².